The van der Waals surface area contributed by atoms with Crippen molar-refractivity contribution in [2.75, 3.05) is 0 Å². The molecule has 0 N–H and O–H groups in total. The van der Waals surface area contributed by atoms with E-state index < -0.39 is 8.07 Å². The number of hydrogen-bond donors (Lipinski definition) is 0. The van der Waals surface area contributed by atoms with Crippen molar-refractivity contribution in [1.29, 1.82) is 0 Å². The van der Waals surface area contributed by atoms with Gasteiger partial charge in [0.25, 0.3) is 0 Å². The first-order valence-corrected chi connectivity index (χ1v) is 13.3. The molecule has 4 saturated carbocycles. The lowest BCUT2D eigenvalue weighted by atomic mass is 9.81. The van der Waals surface area contributed by atoms with Gasteiger partial charge in [-0.2, -0.15) is 0 Å². The van der Waals surface area contributed by atoms with Gasteiger partial charge < -0.3 is 0 Å². The van der Waals surface area contributed by atoms with Crippen LogP contribution in [-0.2, 0) is 0 Å². The van der Waals surface area contributed by atoms with E-state index in [2.05, 4.69) is 13.1 Å². The molecular weight excluding hydrogens is 268 g/mol. The van der Waals surface area contributed by atoms with E-state index in [4.69, 9.17) is 0 Å². The number of hydrogen-bond acceptors (Lipinski definition) is 0. The van der Waals surface area contributed by atoms with Gasteiger partial charge in [-0.3, -0.25) is 0 Å². The van der Waals surface area contributed by atoms with Crippen LogP contribution in [-0.4, -0.2) is 8.07 Å². The lowest BCUT2D eigenvalue weighted by Crippen LogP contribution is -2.43. The highest BCUT2D eigenvalue weighted by Gasteiger charge is 2.53. The van der Waals surface area contributed by atoms with Crippen LogP contribution in [0.3, 0.4) is 0 Å². The summed E-state index contributed by atoms with van der Waals surface area (Å²) in [6.07, 6.45) is 19.0. The molecule has 5 unspecified atom stereocenters. The van der Waals surface area contributed by atoms with Crippen LogP contribution in [0.5, 0.6) is 0 Å². The SMILES string of the molecule is C[Si](C)(C1CCC2CCCCC21)[C@@H]1CCC2CCCCC21. The van der Waals surface area contributed by atoms with Crippen LogP contribution >= 0.6 is 0 Å². The summed E-state index contributed by atoms with van der Waals surface area (Å²) >= 11 is 0. The molecule has 0 saturated heterocycles. The zero-order valence-corrected chi connectivity index (χ0v) is 15.4. The fourth-order valence-corrected chi connectivity index (χ4v) is 13.0. The molecule has 0 aromatic rings. The third-order valence-electron chi connectivity index (χ3n) is 8.58. The van der Waals surface area contributed by atoms with Crippen LogP contribution in [0.1, 0.15) is 77.0 Å². The summed E-state index contributed by atoms with van der Waals surface area (Å²) in [4.78, 5) is 0. The zero-order chi connectivity index (χ0) is 14.4. The van der Waals surface area contributed by atoms with Gasteiger partial charge in [-0.25, -0.2) is 0 Å². The van der Waals surface area contributed by atoms with Gasteiger partial charge in [-0.1, -0.05) is 90.1 Å². The molecule has 0 aliphatic heterocycles. The Labute approximate surface area is 133 Å². The molecular formula is C20H36Si. The van der Waals surface area contributed by atoms with Crippen LogP contribution in [0, 0.1) is 23.7 Å². The van der Waals surface area contributed by atoms with Gasteiger partial charge in [0.2, 0.25) is 0 Å². The second kappa shape index (κ2) is 5.69. The van der Waals surface area contributed by atoms with Crippen molar-refractivity contribution in [1.82, 2.24) is 0 Å². The van der Waals surface area contributed by atoms with Crippen LogP contribution in [0.25, 0.3) is 0 Å². The standard InChI is InChI=1S/C20H36Si/c1-21(2,19-13-11-15-7-3-5-9-17(15)19)20-14-12-16-8-4-6-10-18(16)20/h15-20H,3-14H2,1-2H3/t15?,16?,17?,18?,19-,20?/m1/s1. The minimum atomic E-state index is -1.05. The van der Waals surface area contributed by atoms with E-state index in [1.807, 2.05) is 0 Å². The van der Waals surface area contributed by atoms with E-state index in [1.165, 1.54) is 22.9 Å². The first kappa shape index (κ1) is 14.8. The topological polar surface area (TPSA) is 0 Å². The largest absolute Gasteiger partial charge is 0.0689 e. The normalized spacial score (nSPS) is 47.1. The molecule has 0 aromatic heterocycles. The molecule has 1 heteroatoms. The number of rotatable bonds is 2. The molecule has 6 atom stereocenters. The summed E-state index contributed by atoms with van der Waals surface area (Å²) in [7, 11) is -1.05. The van der Waals surface area contributed by atoms with Crippen molar-refractivity contribution < 1.29 is 0 Å². The second-order valence-corrected chi connectivity index (χ2v) is 14.7. The summed E-state index contributed by atoms with van der Waals surface area (Å²) < 4.78 is 0. The highest BCUT2D eigenvalue weighted by atomic mass is 28.3. The van der Waals surface area contributed by atoms with Gasteiger partial charge in [0.15, 0.2) is 0 Å². The van der Waals surface area contributed by atoms with Crippen molar-refractivity contribution in [2.45, 2.75) is 101 Å². The Morgan fingerprint density at radius 2 is 0.952 bits per heavy atom. The lowest BCUT2D eigenvalue weighted by Gasteiger charge is -2.45. The summed E-state index contributed by atoms with van der Waals surface area (Å²) in [5.41, 5.74) is 2.40. The molecule has 0 heterocycles. The molecule has 0 aromatic carbocycles. The van der Waals surface area contributed by atoms with E-state index in [0.717, 1.165) is 11.8 Å². The van der Waals surface area contributed by atoms with Crippen LogP contribution in [0.15, 0.2) is 0 Å². The fraction of sp³-hybridized carbons (Fsp3) is 1.00. The molecule has 0 bridgehead atoms. The Bertz CT molecular complexity index is 340. The third-order valence-corrected chi connectivity index (χ3v) is 13.8. The maximum absolute atomic E-state index is 2.83. The predicted molar refractivity (Wildman–Crippen MR) is 94.3 cm³/mol. The predicted octanol–water partition coefficient (Wildman–Crippen LogP) is 6.64. The Balaban J connectivity index is 1.52. The first-order chi connectivity index (χ1) is 10.2. The fourth-order valence-electron chi connectivity index (χ4n) is 7.59. The lowest BCUT2D eigenvalue weighted by molar-refractivity contribution is 0.263. The third kappa shape index (κ3) is 2.46. The summed E-state index contributed by atoms with van der Waals surface area (Å²) in [6, 6.07) is 0. The minimum Gasteiger partial charge on any atom is -0.0689 e. The van der Waals surface area contributed by atoms with Gasteiger partial charge in [0.05, 0.1) is 8.07 Å². The average Bonchev–Trinajstić information content (AvgIpc) is 3.12. The number of fused-ring (bicyclic) bond motifs is 2. The van der Waals surface area contributed by atoms with E-state index in [0.29, 0.717) is 0 Å². The molecule has 21 heavy (non-hydrogen) atoms. The molecule has 0 radical (unpaired) electrons. The second-order valence-electron chi connectivity index (χ2n) is 9.61. The quantitative estimate of drug-likeness (QED) is 0.502. The zero-order valence-electron chi connectivity index (χ0n) is 14.4. The Hall–Kier alpha value is 0.217. The monoisotopic (exact) mass is 304 g/mol. The van der Waals surface area contributed by atoms with Crippen molar-refractivity contribution in [2.24, 2.45) is 23.7 Å². The van der Waals surface area contributed by atoms with Crippen LogP contribution in [0.2, 0.25) is 24.2 Å². The van der Waals surface area contributed by atoms with E-state index in [-0.39, 0.29) is 0 Å². The molecule has 4 aliphatic rings. The minimum absolute atomic E-state index is 1.05. The smallest absolute Gasteiger partial charge is 0.0541 e. The Morgan fingerprint density at radius 3 is 1.43 bits per heavy atom. The van der Waals surface area contributed by atoms with Gasteiger partial charge in [0.1, 0.15) is 0 Å². The highest BCUT2D eigenvalue weighted by molar-refractivity contribution is 6.80. The summed E-state index contributed by atoms with van der Waals surface area (Å²) in [6.45, 7) is 5.66. The molecule has 4 aliphatic carbocycles. The average molecular weight is 305 g/mol. The molecule has 0 spiro atoms. The van der Waals surface area contributed by atoms with Crippen LogP contribution < -0.4 is 0 Å². The molecule has 0 nitrogen and oxygen atoms in total. The first-order valence-electron chi connectivity index (χ1n) is 10.2. The molecule has 120 valence electrons. The van der Waals surface area contributed by atoms with Crippen LogP contribution in [0.4, 0.5) is 0 Å². The van der Waals surface area contributed by atoms with Gasteiger partial charge in [-0.05, 0) is 34.8 Å². The highest BCUT2D eigenvalue weighted by Crippen LogP contribution is 2.61. The van der Waals surface area contributed by atoms with E-state index >= 15 is 0 Å². The Morgan fingerprint density at radius 1 is 0.524 bits per heavy atom. The van der Waals surface area contributed by atoms with Gasteiger partial charge in [0, 0.05) is 0 Å². The Kier molecular flexibility index (Phi) is 4.01. The van der Waals surface area contributed by atoms with Crippen molar-refractivity contribution >= 4 is 8.07 Å². The molecule has 4 rings (SSSR count). The van der Waals surface area contributed by atoms with E-state index in [1.54, 1.807) is 77.0 Å². The van der Waals surface area contributed by atoms with Crippen molar-refractivity contribution in [3.05, 3.63) is 0 Å². The van der Waals surface area contributed by atoms with Gasteiger partial charge >= 0.3 is 0 Å². The van der Waals surface area contributed by atoms with Gasteiger partial charge in [-0.15, -0.1) is 0 Å². The molecule has 0 amide bonds. The van der Waals surface area contributed by atoms with Crippen molar-refractivity contribution in [3.63, 3.8) is 0 Å². The maximum atomic E-state index is 2.83. The maximum Gasteiger partial charge on any atom is 0.0541 e. The van der Waals surface area contributed by atoms with E-state index in [9.17, 15) is 0 Å². The summed E-state index contributed by atoms with van der Waals surface area (Å²) in [5.74, 6) is 4.64. The summed E-state index contributed by atoms with van der Waals surface area (Å²) in [5, 5.41) is 0. The van der Waals surface area contributed by atoms with Crippen molar-refractivity contribution in [3.8, 4) is 0 Å². The molecule has 4 fully saturated rings.